The van der Waals surface area contributed by atoms with Crippen molar-refractivity contribution in [1.82, 2.24) is 24.6 Å². The highest BCUT2D eigenvalue weighted by Crippen LogP contribution is 2.24. The number of piperidine rings is 1. The van der Waals surface area contributed by atoms with Gasteiger partial charge in [-0.2, -0.15) is 5.10 Å². The monoisotopic (exact) mass is 358 g/mol. The molecule has 8 nitrogen and oxygen atoms in total. The van der Waals surface area contributed by atoms with Crippen LogP contribution in [0, 0.1) is 0 Å². The van der Waals surface area contributed by atoms with Crippen LogP contribution in [0.2, 0.25) is 0 Å². The zero-order valence-corrected chi connectivity index (χ0v) is 15.4. The summed E-state index contributed by atoms with van der Waals surface area (Å²) in [4.78, 5) is 24.6. The first-order valence-electron chi connectivity index (χ1n) is 8.92. The topological polar surface area (TPSA) is 87.4 Å². The fourth-order valence-corrected chi connectivity index (χ4v) is 3.47. The minimum absolute atomic E-state index is 0.0210. The van der Waals surface area contributed by atoms with Gasteiger partial charge < -0.3 is 14.9 Å². The highest BCUT2D eigenvalue weighted by Gasteiger charge is 2.36. The van der Waals surface area contributed by atoms with Crippen molar-refractivity contribution < 1.29 is 9.90 Å². The Morgan fingerprint density at radius 3 is 2.81 bits per heavy atom. The predicted molar refractivity (Wildman–Crippen MR) is 97.6 cm³/mol. The second-order valence-corrected chi connectivity index (χ2v) is 6.99. The van der Waals surface area contributed by atoms with Crippen LogP contribution in [-0.2, 0) is 18.3 Å². The second kappa shape index (κ2) is 7.82. The molecule has 0 aliphatic carbocycles. The van der Waals surface area contributed by atoms with E-state index in [1.807, 2.05) is 18.0 Å². The maximum Gasteiger partial charge on any atom is 0.225 e. The summed E-state index contributed by atoms with van der Waals surface area (Å²) in [6.45, 7) is 1.54. The third-order valence-corrected chi connectivity index (χ3v) is 4.87. The molecule has 1 fully saturated rings. The van der Waals surface area contributed by atoms with Crippen molar-refractivity contribution in [2.24, 2.45) is 7.05 Å². The van der Waals surface area contributed by atoms with Gasteiger partial charge in [-0.15, -0.1) is 0 Å². The molecule has 1 saturated heterocycles. The fourth-order valence-electron chi connectivity index (χ4n) is 3.47. The van der Waals surface area contributed by atoms with E-state index < -0.39 is 5.60 Å². The van der Waals surface area contributed by atoms with Crippen molar-refractivity contribution in [1.29, 1.82) is 0 Å². The molecule has 2 aromatic heterocycles. The number of hydrogen-bond acceptors (Lipinski definition) is 6. The molecule has 1 atom stereocenters. The summed E-state index contributed by atoms with van der Waals surface area (Å²) >= 11 is 0. The van der Waals surface area contributed by atoms with Crippen molar-refractivity contribution in [2.45, 2.75) is 31.3 Å². The maximum atomic E-state index is 12.5. The van der Waals surface area contributed by atoms with Crippen LogP contribution in [0.15, 0.2) is 30.7 Å². The zero-order chi connectivity index (χ0) is 18.6. The highest BCUT2D eigenvalue weighted by molar-refractivity contribution is 5.76. The minimum atomic E-state index is -0.950. The Labute approximate surface area is 153 Å². The Hall–Kier alpha value is -2.48. The van der Waals surface area contributed by atoms with Crippen LogP contribution >= 0.6 is 0 Å². The average molecular weight is 358 g/mol. The van der Waals surface area contributed by atoms with Crippen molar-refractivity contribution in [2.75, 3.05) is 31.6 Å². The normalized spacial score (nSPS) is 20.2. The Morgan fingerprint density at radius 1 is 1.35 bits per heavy atom. The lowest BCUT2D eigenvalue weighted by molar-refractivity contribution is -0.133. The number of aryl methyl sites for hydroxylation is 2. The zero-order valence-electron chi connectivity index (χ0n) is 15.4. The first-order chi connectivity index (χ1) is 12.5. The van der Waals surface area contributed by atoms with E-state index in [0.29, 0.717) is 38.3 Å². The van der Waals surface area contributed by atoms with Crippen molar-refractivity contribution in [3.05, 3.63) is 36.4 Å². The van der Waals surface area contributed by atoms with Gasteiger partial charge in [0.2, 0.25) is 11.9 Å². The van der Waals surface area contributed by atoms with E-state index in [2.05, 4.69) is 15.1 Å². The van der Waals surface area contributed by atoms with Crippen molar-refractivity contribution >= 4 is 11.9 Å². The first-order valence-corrected chi connectivity index (χ1v) is 8.92. The molecule has 26 heavy (non-hydrogen) atoms. The minimum Gasteiger partial charge on any atom is -0.386 e. The van der Waals surface area contributed by atoms with E-state index in [1.54, 1.807) is 41.3 Å². The van der Waals surface area contributed by atoms with Crippen LogP contribution in [0.25, 0.3) is 0 Å². The standard InChI is InChI=1S/C18H26N6O2/c1-22(16(25)6-5-15-7-11-21-23(15)2)13-18(26)8-3-12-24(14-18)17-19-9-4-10-20-17/h4,7,9-11,26H,3,5-6,8,12-14H2,1-2H3/t18-/m1/s1. The van der Waals surface area contributed by atoms with Crippen LogP contribution in [0.1, 0.15) is 25.0 Å². The van der Waals surface area contributed by atoms with E-state index in [4.69, 9.17) is 0 Å². The van der Waals surface area contributed by atoms with Crippen LogP contribution < -0.4 is 4.90 Å². The number of anilines is 1. The lowest BCUT2D eigenvalue weighted by Crippen LogP contribution is -2.55. The molecule has 2 aromatic rings. The van der Waals surface area contributed by atoms with E-state index in [9.17, 15) is 9.90 Å². The van der Waals surface area contributed by atoms with Gasteiger partial charge in [0.05, 0.1) is 18.7 Å². The average Bonchev–Trinajstić information content (AvgIpc) is 3.05. The number of amides is 1. The molecule has 0 spiro atoms. The number of rotatable bonds is 6. The summed E-state index contributed by atoms with van der Waals surface area (Å²) in [7, 11) is 3.62. The molecule has 0 bridgehead atoms. The Kier molecular flexibility index (Phi) is 5.51. The lowest BCUT2D eigenvalue weighted by atomic mass is 9.92. The summed E-state index contributed by atoms with van der Waals surface area (Å²) in [6.07, 6.45) is 7.67. The van der Waals surface area contributed by atoms with E-state index in [0.717, 1.165) is 18.7 Å². The van der Waals surface area contributed by atoms with Gasteiger partial charge >= 0.3 is 0 Å². The molecule has 1 aliphatic heterocycles. The van der Waals surface area contributed by atoms with Gasteiger partial charge in [0, 0.05) is 51.3 Å². The molecule has 0 radical (unpaired) electrons. The third-order valence-electron chi connectivity index (χ3n) is 4.87. The van der Waals surface area contributed by atoms with Crippen molar-refractivity contribution in [3.63, 3.8) is 0 Å². The first kappa shape index (κ1) is 18.3. The predicted octanol–water partition coefficient (Wildman–Crippen LogP) is 0.633. The largest absolute Gasteiger partial charge is 0.386 e. The quantitative estimate of drug-likeness (QED) is 0.815. The number of aromatic nitrogens is 4. The number of β-amino-alcohol motifs (C(OH)–C–C–N with tert-alkyl or cyclic N) is 1. The van der Waals surface area contributed by atoms with Crippen LogP contribution in [0.3, 0.4) is 0 Å². The van der Waals surface area contributed by atoms with E-state index in [-0.39, 0.29) is 5.91 Å². The summed E-state index contributed by atoms with van der Waals surface area (Å²) < 4.78 is 1.78. The molecule has 140 valence electrons. The molecule has 8 heteroatoms. The fraction of sp³-hybridized carbons (Fsp3) is 0.556. The third kappa shape index (κ3) is 4.37. The van der Waals surface area contributed by atoms with Gasteiger partial charge in [-0.25, -0.2) is 9.97 Å². The Balaban J connectivity index is 1.56. The Bertz CT molecular complexity index is 734. The van der Waals surface area contributed by atoms with Gasteiger partial charge in [0.15, 0.2) is 0 Å². The summed E-state index contributed by atoms with van der Waals surface area (Å²) in [5, 5.41) is 15.1. The number of hydrogen-bond donors (Lipinski definition) is 1. The Morgan fingerprint density at radius 2 is 2.12 bits per heavy atom. The molecule has 1 N–H and O–H groups in total. The number of carbonyl (C=O) groups is 1. The molecule has 0 saturated carbocycles. The van der Waals surface area contributed by atoms with Gasteiger partial charge in [0.25, 0.3) is 0 Å². The molecule has 0 unspecified atom stereocenters. The van der Waals surface area contributed by atoms with E-state index >= 15 is 0 Å². The summed E-state index contributed by atoms with van der Waals surface area (Å²) in [6, 6.07) is 3.69. The van der Waals surface area contributed by atoms with Gasteiger partial charge in [-0.1, -0.05) is 0 Å². The summed E-state index contributed by atoms with van der Waals surface area (Å²) in [5.41, 5.74) is 0.0736. The highest BCUT2D eigenvalue weighted by atomic mass is 16.3. The molecule has 0 aromatic carbocycles. The molecule has 3 heterocycles. The number of carbonyl (C=O) groups excluding carboxylic acids is 1. The van der Waals surface area contributed by atoms with Gasteiger partial charge in [-0.3, -0.25) is 9.48 Å². The molecule has 1 amide bonds. The second-order valence-electron chi connectivity index (χ2n) is 6.99. The lowest BCUT2D eigenvalue weighted by Gasteiger charge is -2.41. The number of nitrogens with zero attached hydrogens (tertiary/aromatic N) is 6. The molecular weight excluding hydrogens is 332 g/mol. The SMILES string of the molecule is CN(C[C@]1(O)CCCN(c2ncccn2)C1)C(=O)CCc1ccnn1C. The number of aliphatic hydroxyl groups is 1. The van der Waals surface area contributed by atoms with Crippen molar-refractivity contribution in [3.8, 4) is 0 Å². The van der Waals surface area contributed by atoms with Crippen LogP contribution in [0.5, 0.6) is 0 Å². The van der Waals surface area contributed by atoms with Crippen LogP contribution in [0.4, 0.5) is 5.95 Å². The van der Waals surface area contributed by atoms with Gasteiger partial charge in [0.1, 0.15) is 0 Å². The van der Waals surface area contributed by atoms with Gasteiger partial charge in [-0.05, 0) is 31.4 Å². The van der Waals surface area contributed by atoms with E-state index in [1.165, 1.54) is 0 Å². The van der Waals surface area contributed by atoms with Crippen LogP contribution in [-0.4, -0.2) is 67.9 Å². The molecule has 1 aliphatic rings. The maximum absolute atomic E-state index is 12.5. The molecular formula is C18H26N6O2. The smallest absolute Gasteiger partial charge is 0.225 e. The molecule has 3 rings (SSSR count). The summed E-state index contributed by atoms with van der Waals surface area (Å²) in [5.74, 6) is 0.642. The number of likely N-dealkylation sites (N-methyl/N-ethyl adjacent to an activating group) is 1.